The van der Waals surface area contributed by atoms with Gasteiger partial charge in [-0.25, -0.2) is 4.79 Å². The Hall–Kier alpha value is -2.04. The number of rotatable bonds is 9. The molecule has 5 heteroatoms. The van der Waals surface area contributed by atoms with Crippen LogP contribution in [0, 0.1) is 0 Å². The minimum absolute atomic E-state index is 0.208. The molecule has 0 aromatic carbocycles. The van der Waals surface area contributed by atoms with Crippen molar-refractivity contribution in [1.82, 2.24) is 4.90 Å². The Morgan fingerprint density at radius 1 is 1.60 bits per heavy atom. The van der Waals surface area contributed by atoms with Crippen molar-refractivity contribution >= 4 is 12.4 Å². The SMILES string of the molecule is CC=CCOC(=O)C(CCC)N([C]=O)Cc1ccco1. The number of nitrogens with zero attached hydrogens (tertiary/aromatic N) is 1. The number of carbonyl (C=O) groups is 1. The lowest BCUT2D eigenvalue weighted by Gasteiger charge is -2.24. The largest absolute Gasteiger partial charge is 0.467 e. The molecule has 0 spiro atoms. The molecule has 1 heterocycles. The van der Waals surface area contributed by atoms with Gasteiger partial charge in [0.15, 0.2) is 0 Å². The van der Waals surface area contributed by atoms with Crippen LogP contribution in [0.2, 0.25) is 0 Å². The number of carbonyl (C=O) groups excluding carboxylic acids is 2. The van der Waals surface area contributed by atoms with E-state index in [0.717, 1.165) is 6.42 Å². The molecule has 1 atom stereocenters. The molecule has 1 aromatic heterocycles. The number of ether oxygens (including phenoxy) is 1. The van der Waals surface area contributed by atoms with Gasteiger partial charge in [0.05, 0.1) is 12.8 Å². The second-order valence-electron chi connectivity index (χ2n) is 4.30. The van der Waals surface area contributed by atoms with Gasteiger partial charge < -0.3 is 14.1 Å². The number of hydrogen-bond donors (Lipinski definition) is 0. The van der Waals surface area contributed by atoms with Crippen LogP contribution in [-0.2, 0) is 20.9 Å². The number of esters is 1. The van der Waals surface area contributed by atoms with Gasteiger partial charge in [-0.2, -0.15) is 0 Å². The van der Waals surface area contributed by atoms with Gasteiger partial charge in [-0.3, -0.25) is 4.79 Å². The topological polar surface area (TPSA) is 59.8 Å². The van der Waals surface area contributed by atoms with Crippen molar-refractivity contribution in [3.63, 3.8) is 0 Å². The second kappa shape index (κ2) is 8.96. The Kier molecular flexibility index (Phi) is 7.17. The van der Waals surface area contributed by atoms with E-state index >= 15 is 0 Å². The summed E-state index contributed by atoms with van der Waals surface area (Å²) in [6.07, 6.45) is 8.16. The molecule has 1 aromatic rings. The minimum Gasteiger partial charge on any atom is -0.467 e. The minimum atomic E-state index is -0.632. The third-order valence-electron chi connectivity index (χ3n) is 2.79. The monoisotopic (exact) mass is 278 g/mol. The predicted octanol–water partition coefficient (Wildman–Crippen LogP) is 2.44. The summed E-state index contributed by atoms with van der Waals surface area (Å²) in [5, 5.41) is 0. The van der Waals surface area contributed by atoms with Crippen LogP contribution in [0.15, 0.2) is 35.0 Å². The maximum absolute atomic E-state index is 12.0. The van der Waals surface area contributed by atoms with E-state index < -0.39 is 12.0 Å². The maximum Gasteiger partial charge on any atom is 0.329 e. The Morgan fingerprint density at radius 2 is 2.40 bits per heavy atom. The Morgan fingerprint density at radius 3 is 2.95 bits per heavy atom. The fourth-order valence-electron chi connectivity index (χ4n) is 1.77. The highest BCUT2D eigenvalue weighted by Crippen LogP contribution is 2.13. The van der Waals surface area contributed by atoms with Crippen molar-refractivity contribution in [3.8, 4) is 0 Å². The highest BCUT2D eigenvalue weighted by atomic mass is 16.5. The molecule has 0 saturated carbocycles. The normalized spacial score (nSPS) is 12.3. The fourth-order valence-corrected chi connectivity index (χ4v) is 1.77. The summed E-state index contributed by atoms with van der Waals surface area (Å²) in [6, 6.07) is 2.85. The lowest BCUT2D eigenvalue weighted by molar-refractivity contribution is -0.147. The molecule has 0 aliphatic rings. The third-order valence-corrected chi connectivity index (χ3v) is 2.79. The van der Waals surface area contributed by atoms with Gasteiger partial charge in [0.2, 0.25) is 0 Å². The van der Waals surface area contributed by atoms with Crippen molar-refractivity contribution < 1.29 is 18.7 Å². The maximum atomic E-state index is 12.0. The molecule has 1 unspecified atom stereocenters. The Balaban J connectivity index is 2.69. The van der Waals surface area contributed by atoms with Gasteiger partial charge in [0, 0.05) is 0 Å². The molecule has 109 valence electrons. The zero-order chi connectivity index (χ0) is 14.8. The summed E-state index contributed by atoms with van der Waals surface area (Å²) in [7, 11) is 0. The van der Waals surface area contributed by atoms with Crippen LogP contribution >= 0.6 is 0 Å². The van der Waals surface area contributed by atoms with E-state index in [1.54, 1.807) is 30.7 Å². The number of allylic oxidation sites excluding steroid dienone is 1. The summed E-state index contributed by atoms with van der Waals surface area (Å²) in [6.45, 7) is 4.21. The lowest BCUT2D eigenvalue weighted by atomic mass is 10.1. The highest BCUT2D eigenvalue weighted by molar-refractivity contribution is 5.78. The van der Waals surface area contributed by atoms with Crippen LogP contribution in [0.1, 0.15) is 32.4 Å². The Bertz CT molecular complexity index is 425. The Labute approximate surface area is 119 Å². The summed E-state index contributed by atoms with van der Waals surface area (Å²) < 4.78 is 10.3. The molecule has 1 amide bonds. The van der Waals surface area contributed by atoms with Gasteiger partial charge in [-0.05, 0) is 25.5 Å². The van der Waals surface area contributed by atoms with E-state index in [9.17, 15) is 9.59 Å². The van der Waals surface area contributed by atoms with Crippen LogP contribution in [0.5, 0.6) is 0 Å². The van der Waals surface area contributed by atoms with Crippen LogP contribution in [0.4, 0.5) is 0 Å². The van der Waals surface area contributed by atoms with Gasteiger partial charge in [0.25, 0.3) is 0 Å². The molecular formula is C15H20NO4. The summed E-state index contributed by atoms with van der Waals surface area (Å²) in [5.74, 6) is 0.190. The van der Waals surface area contributed by atoms with Gasteiger partial charge in [-0.1, -0.05) is 25.5 Å². The average molecular weight is 278 g/mol. The first-order chi connectivity index (χ1) is 9.72. The summed E-state index contributed by atoms with van der Waals surface area (Å²) in [5.41, 5.74) is 0. The highest BCUT2D eigenvalue weighted by Gasteiger charge is 2.26. The third kappa shape index (κ3) is 4.91. The number of amides is 1. The standard InChI is InChI=1S/C15H20NO4/c1-3-5-9-20-15(18)14(7-4-2)16(12-17)11-13-8-6-10-19-13/h3,5-6,8,10,14H,4,7,9,11H2,1-2H3. The predicted molar refractivity (Wildman–Crippen MR) is 74.4 cm³/mol. The van der Waals surface area contributed by atoms with Crippen LogP contribution < -0.4 is 0 Å². The van der Waals surface area contributed by atoms with Crippen molar-refractivity contribution in [2.24, 2.45) is 0 Å². The summed E-state index contributed by atoms with van der Waals surface area (Å²) in [4.78, 5) is 24.4. The van der Waals surface area contributed by atoms with E-state index in [2.05, 4.69) is 0 Å². The summed E-state index contributed by atoms with van der Waals surface area (Å²) >= 11 is 0. The van der Waals surface area contributed by atoms with Crippen molar-refractivity contribution in [3.05, 3.63) is 36.3 Å². The number of hydrogen-bond acceptors (Lipinski definition) is 4. The molecule has 0 fully saturated rings. The number of furan rings is 1. The zero-order valence-electron chi connectivity index (χ0n) is 11.9. The fraction of sp³-hybridized carbons (Fsp3) is 0.467. The van der Waals surface area contributed by atoms with Crippen LogP contribution in [-0.4, -0.2) is 29.9 Å². The first kappa shape index (κ1) is 16.0. The van der Waals surface area contributed by atoms with Crippen LogP contribution in [0.25, 0.3) is 0 Å². The van der Waals surface area contributed by atoms with Crippen molar-refractivity contribution in [2.75, 3.05) is 6.61 Å². The molecule has 5 nitrogen and oxygen atoms in total. The van der Waals surface area contributed by atoms with E-state index in [0.29, 0.717) is 12.2 Å². The smallest absolute Gasteiger partial charge is 0.329 e. The molecule has 0 bridgehead atoms. The van der Waals surface area contributed by atoms with E-state index in [1.807, 2.05) is 13.8 Å². The molecular weight excluding hydrogens is 258 g/mol. The molecule has 0 N–H and O–H groups in total. The van der Waals surface area contributed by atoms with E-state index in [4.69, 9.17) is 9.15 Å². The molecule has 0 saturated heterocycles. The van der Waals surface area contributed by atoms with E-state index in [-0.39, 0.29) is 13.2 Å². The van der Waals surface area contributed by atoms with Crippen LogP contribution in [0.3, 0.4) is 0 Å². The molecule has 1 radical (unpaired) electrons. The van der Waals surface area contributed by atoms with Crippen molar-refractivity contribution in [1.29, 1.82) is 0 Å². The average Bonchev–Trinajstić information content (AvgIpc) is 2.95. The zero-order valence-corrected chi connectivity index (χ0v) is 11.9. The van der Waals surface area contributed by atoms with E-state index in [1.165, 1.54) is 11.2 Å². The van der Waals surface area contributed by atoms with Crippen molar-refractivity contribution in [2.45, 2.75) is 39.3 Å². The second-order valence-corrected chi connectivity index (χ2v) is 4.30. The van der Waals surface area contributed by atoms with Gasteiger partial charge in [-0.15, -0.1) is 0 Å². The van der Waals surface area contributed by atoms with Gasteiger partial charge >= 0.3 is 12.4 Å². The quantitative estimate of drug-likeness (QED) is 0.395. The first-order valence-electron chi connectivity index (χ1n) is 6.67. The lowest BCUT2D eigenvalue weighted by Crippen LogP contribution is -2.41. The molecule has 20 heavy (non-hydrogen) atoms. The molecule has 1 rings (SSSR count). The van der Waals surface area contributed by atoms with Gasteiger partial charge in [0.1, 0.15) is 18.4 Å². The molecule has 0 aliphatic carbocycles. The molecule has 0 aliphatic heterocycles. The first-order valence-corrected chi connectivity index (χ1v) is 6.67.